The Balaban J connectivity index is 1.59. The zero-order valence-corrected chi connectivity index (χ0v) is 22.9. The van der Waals surface area contributed by atoms with Gasteiger partial charge in [-0.3, -0.25) is 9.69 Å². The van der Waals surface area contributed by atoms with Gasteiger partial charge in [-0.25, -0.2) is 9.67 Å². The Bertz CT molecular complexity index is 1580. The second-order valence-electron chi connectivity index (χ2n) is 10.2. The van der Waals surface area contributed by atoms with Crippen LogP contribution in [0.5, 0.6) is 5.75 Å². The van der Waals surface area contributed by atoms with Crippen molar-refractivity contribution in [3.8, 4) is 5.75 Å². The van der Waals surface area contributed by atoms with Gasteiger partial charge in [0.2, 0.25) is 0 Å². The van der Waals surface area contributed by atoms with Gasteiger partial charge in [0.05, 0.1) is 24.0 Å². The molecule has 4 heterocycles. The summed E-state index contributed by atoms with van der Waals surface area (Å²) in [6.07, 6.45) is 3.21. The van der Waals surface area contributed by atoms with Gasteiger partial charge < -0.3 is 14.2 Å². The van der Waals surface area contributed by atoms with Crippen molar-refractivity contribution in [2.45, 2.75) is 32.4 Å². The number of likely N-dealkylation sites (N-methyl/N-ethyl adjacent to an activating group) is 1. The van der Waals surface area contributed by atoms with Crippen LogP contribution in [0.15, 0.2) is 42.5 Å². The molecule has 6 rings (SSSR count). The third kappa shape index (κ3) is 3.80. The first kappa shape index (κ1) is 24.6. The number of halogens is 1. The van der Waals surface area contributed by atoms with E-state index in [2.05, 4.69) is 46.8 Å². The van der Waals surface area contributed by atoms with Crippen LogP contribution in [-0.4, -0.2) is 62.6 Å². The van der Waals surface area contributed by atoms with Gasteiger partial charge in [-0.2, -0.15) is 0 Å². The molecule has 0 aliphatic carbocycles. The highest BCUT2D eigenvalue weighted by Crippen LogP contribution is 2.45. The SMILES string of the molecule is COc1cc(N2C(=O)c3nc(C4=CCCN(C)C4)n(C(C)C)c3C2c2ccc(Cl)cc2)cc2c1nnn2C. The van der Waals surface area contributed by atoms with Gasteiger partial charge in [-0.15, -0.1) is 5.10 Å². The number of carbonyl (C=O) groups is 1. The number of carbonyl (C=O) groups excluding carboxylic acids is 1. The maximum absolute atomic E-state index is 14.3. The summed E-state index contributed by atoms with van der Waals surface area (Å²) in [5.41, 5.74) is 5.58. The lowest BCUT2D eigenvalue weighted by Gasteiger charge is -2.30. The highest BCUT2D eigenvalue weighted by molar-refractivity contribution is 6.30. The number of methoxy groups -OCH3 is 1. The number of hydrogen-bond acceptors (Lipinski definition) is 6. The molecular formula is C28H30ClN7O2. The highest BCUT2D eigenvalue weighted by Gasteiger charge is 2.45. The molecule has 4 aromatic rings. The Labute approximate surface area is 226 Å². The van der Waals surface area contributed by atoms with Crippen LogP contribution in [-0.2, 0) is 7.05 Å². The number of imidazole rings is 1. The van der Waals surface area contributed by atoms with Gasteiger partial charge in [0.1, 0.15) is 11.9 Å². The average molecular weight is 532 g/mol. The van der Waals surface area contributed by atoms with E-state index < -0.39 is 6.04 Å². The number of aromatic nitrogens is 5. The monoisotopic (exact) mass is 531 g/mol. The van der Waals surface area contributed by atoms with Crippen molar-refractivity contribution in [1.82, 2.24) is 29.4 Å². The molecule has 0 radical (unpaired) electrons. The van der Waals surface area contributed by atoms with Crippen molar-refractivity contribution in [3.63, 3.8) is 0 Å². The van der Waals surface area contributed by atoms with Crippen LogP contribution in [0.2, 0.25) is 5.02 Å². The fourth-order valence-electron chi connectivity index (χ4n) is 5.62. The van der Waals surface area contributed by atoms with Crippen LogP contribution in [0.25, 0.3) is 16.6 Å². The van der Waals surface area contributed by atoms with Crippen molar-refractivity contribution in [1.29, 1.82) is 0 Å². The van der Waals surface area contributed by atoms with E-state index in [1.165, 1.54) is 0 Å². The van der Waals surface area contributed by atoms with Crippen LogP contribution in [0, 0.1) is 0 Å². The van der Waals surface area contributed by atoms with Crippen molar-refractivity contribution in [2.75, 3.05) is 32.1 Å². The smallest absolute Gasteiger partial charge is 0.279 e. The van der Waals surface area contributed by atoms with Crippen LogP contribution >= 0.6 is 11.6 Å². The van der Waals surface area contributed by atoms with Gasteiger partial charge in [0.15, 0.2) is 17.0 Å². The second kappa shape index (κ2) is 9.25. The van der Waals surface area contributed by atoms with Crippen LogP contribution in [0.1, 0.15) is 59.9 Å². The van der Waals surface area contributed by atoms with E-state index in [1.807, 2.05) is 43.4 Å². The lowest BCUT2D eigenvalue weighted by Crippen LogP contribution is -2.31. The summed E-state index contributed by atoms with van der Waals surface area (Å²) in [5.74, 6) is 1.27. The van der Waals surface area contributed by atoms with Gasteiger partial charge in [0.25, 0.3) is 5.91 Å². The quantitative estimate of drug-likeness (QED) is 0.365. The molecule has 1 unspecified atom stereocenters. The van der Waals surface area contributed by atoms with Crippen LogP contribution in [0.3, 0.4) is 0 Å². The number of nitrogens with zero attached hydrogens (tertiary/aromatic N) is 7. The molecule has 2 aromatic heterocycles. The minimum absolute atomic E-state index is 0.0928. The van der Waals surface area contributed by atoms with Crippen LogP contribution < -0.4 is 9.64 Å². The van der Waals surface area contributed by atoms with Crippen LogP contribution in [0.4, 0.5) is 5.69 Å². The van der Waals surface area contributed by atoms with E-state index in [0.717, 1.165) is 47.7 Å². The first-order valence-corrected chi connectivity index (χ1v) is 13.1. The fourth-order valence-corrected chi connectivity index (χ4v) is 5.75. The first-order valence-electron chi connectivity index (χ1n) is 12.7. The summed E-state index contributed by atoms with van der Waals surface area (Å²) >= 11 is 6.27. The lowest BCUT2D eigenvalue weighted by atomic mass is 10.0. The second-order valence-corrected chi connectivity index (χ2v) is 10.7. The molecule has 2 aromatic carbocycles. The topological polar surface area (TPSA) is 81.3 Å². The largest absolute Gasteiger partial charge is 0.494 e. The average Bonchev–Trinajstić information content (AvgIpc) is 3.55. The third-order valence-electron chi connectivity index (χ3n) is 7.38. The fraction of sp³-hybridized carbons (Fsp3) is 0.357. The molecule has 0 saturated carbocycles. The maximum atomic E-state index is 14.3. The molecule has 0 bridgehead atoms. The molecule has 10 heteroatoms. The molecule has 1 amide bonds. The molecule has 196 valence electrons. The minimum atomic E-state index is -0.399. The number of amides is 1. The number of hydrogen-bond donors (Lipinski definition) is 0. The first-order chi connectivity index (χ1) is 18.3. The van der Waals surface area contributed by atoms with Gasteiger partial charge in [-0.05, 0) is 51.1 Å². The lowest BCUT2D eigenvalue weighted by molar-refractivity contribution is 0.0989. The van der Waals surface area contributed by atoms with Crippen molar-refractivity contribution >= 4 is 39.8 Å². The number of aryl methyl sites for hydroxylation is 1. The summed E-state index contributed by atoms with van der Waals surface area (Å²) in [6.45, 7) is 6.09. The van der Waals surface area contributed by atoms with Gasteiger partial charge in [0, 0.05) is 42.8 Å². The summed E-state index contributed by atoms with van der Waals surface area (Å²) in [7, 11) is 5.54. The molecule has 0 saturated heterocycles. The molecule has 38 heavy (non-hydrogen) atoms. The molecule has 2 aliphatic heterocycles. The van der Waals surface area contributed by atoms with Gasteiger partial charge >= 0.3 is 0 Å². The standard InChI is InChI=1S/C28H30ClN7O2/c1-16(2)35-26-24(30-27(35)18-7-6-12-33(3)15-18)28(37)36(25(26)17-8-10-19(29)11-9-17)20-13-21-23(22(14-20)38-5)31-32-34(21)4/h7-11,13-14,16,25H,6,12,15H2,1-5H3. The molecule has 2 aliphatic rings. The predicted molar refractivity (Wildman–Crippen MR) is 148 cm³/mol. The number of anilines is 1. The summed E-state index contributed by atoms with van der Waals surface area (Å²) in [4.78, 5) is 23.4. The Morgan fingerprint density at radius 1 is 1.13 bits per heavy atom. The molecule has 0 fully saturated rings. The normalized spacial score (nSPS) is 18.0. The van der Waals surface area contributed by atoms with E-state index >= 15 is 0 Å². The number of rotatable bonds is 5. The predicted octanol–water partition coefficient (Wildman–Crippen LogP) is 4.88. The summed E-state index contributed by atoms with van der Waals surface area (Å²) < 4.78 is 9.58. The third-order valence-corrected chi connectivity index (χ3v) is 7.63. The Kier molecular flexibility index (Phi) is 6.00. The van der Waals surface area contributed by atoms with E-state index in [4.69, 9.17) is 21.3 Å². The number of ether oxygens (including phenoxy) is 1. The van der Waals surface area contributed by atoms with E-state index in [-0.39, 0.29) is 11.9 Å². The Morgan fingerprint density at radius 2 is 1.89 bits per heavy atom. The highest BCUT2D eigenvalue weighted by atomic mass is 35.5. The molecule has 1 atom stereocenters. The zero-order chi connectivity index (χ0) is 26.7. The number of fused-ring (bicyclic) bond motifs is 2. The van der Waals surface area contributed by atoms with E-state index in [1.54, 1.807) is 16.7 Å². The summed E-state index contributed by atoms with van der Waals surface area (Å²) in [5, 5.41) is 9.04. The molecule has 9 nitrogen and oxygen atoms in total. The maximum Gasteiger partial charge on any atom is 0.279 e. The van der Waals surface area contributed by atoms with E-state index in [0.29, 0.717) is 27.7 Å². The Morgan fingerprint density at radius 3 is 2.58 bits per heavy atom. The summed E-state index contributed by atoms with van der Waals surface area (Å²) in [6, 6.07) is 11.2. The number of benzene rings is 2. The van der Waals surface area contributed by atoms with Crippen molar-refractivity contribution in [2.24, 2.45) is 7.05 Å². The van der Waals surface area contributed by atoms with Crippen molar-refractivity contribution < 1.29 is 9.53 Å². The molecule has 0 spiro atoms. The van der Waals surface area contributed by atoms with Gasteiger partial charge in [-0.1, -0.05) is 35.0 Å². The van der Waals surface area contributed by atoms with E-state index in [9.17, 15) is 4.79 Å². The Hall–Kier alpha value is -3.69. The van der Waals surface area contributed by atoms with Crippen molar-refractivity contribution in [3.05, 3.63) is 70.3 Å². The minimum Gasteiger partial charge on any atom is -0.494 e. The molecular weight excluding hydrogens is 502 g/mol. The zero-order valence-electron chi connectivity index (χ0n) is 22.1. The molecule has 0 N–H and O–H groups in total.